The van der Waals surface area contributed by atoms with Gasteiger partial charge in [-0.3, -0.25) is 9.59 Å². The fourth-order valence-electron chi connectivity index (χ4n) is 10.00. The van der Waals surface area contributed by atoms with Crippen LogP contribution in [0, 0.1) is 0 Å². The minimum Gasteiger partial charge on any atom is -0.507 e. The smallest absolute Gasteiger partial charge is 0.222 e. The maximum Gasteiger partial charge on any atom is 0.222 e. The zero-order valence-corrected chi connectivity index (χ0v) is 48.4. The van der Waals surface area contributed by atoms with Crippen molar-refractivity contribution in [3.05, 3.63) is 115 Å². The molecule has 4 aromatic rings. The maximum atomic E-state index is 12.9. The number of aliphatic hydroxyl groups is 4. The van der Waals surface area contributed by atoms with Gasteiger partial charge in [0, 0.05) is 64.7 Å². The van der Waals surface area contributed by atoms with Crippen molar-refractivity contribution in [2.24, 2.45) is 0 Å². The van der Waals surface area contributed by atoms with Crippen molar-refractivity contribution >= 4 is 11.8 Å². The molecule has 1 aliphatic rings. The molecule has 4 aromatic carbocycles. The van der Waals surface area contributed by atoms with Gasteiger partial charge < -0.3 is 49.9 Å². The monoisotopic (exact) mass is 1050 g/mol. The summed E-state index contributed by atoms with van der Waals surface area (Å²) in [4.78, 5) is 28.9. The summed E-state index contributed by atoms with van der Waals surface area (Å²) < 4.78 is 13.9. The summed E-state index contributed by atoms with van der Waals surface area (Å²) >= 11 is 0. The van der Waals surface area contributed by atoms with Crippen LogP contribution in [0.3, 0.4) is 0 Å². The molecule has 8 bridgehead atoms. The number of unbranched alkanes of at least 4 members (excludes halogenated alkanes) is 4. The first-order chi connectivity index (χ1) is 35.7. The predicted molar refractivity (Wildman–Crippen MR) is 305 cm³/mol. The van der Waals surface area contributed by atoms with Gasteiger partial charge in [-0.2, -0.15) is 0 Å². The minimum atomic E-state index is -0.262. The summed E-state index contributed by atoms with van der Waals surface area (Å²) in [6.07, 6.45) is 6.26. The third kappa shape index (κ3) is 16.9. The number of ether oxygens (including phenoxy) is 2. The van der Waals surface area contributed by atoms with E-state index >= 15 is 0 Å². The number of benzene rings is 4. The molecule has 0 fully saturated rings. The Balaban J connectivity index is 1.68. The van der Waals surface area contributed by atoms with Crippen LogP contribution in [-0.4, -0.2) is 118 Å². The van der Waals surface area contributed by atoms with Crippen molar-refractivity contribution < 1.29 is 49.7 Å². The Kier molecular flexibility index (Phi) is 21.9. The Bertz CT molecular complexity index is 2290. The van der Waals surface area contributed by atoms with Gasteiger partial charge in [-0.15, -0.1) is 0 Å². The van der Waals surface area contributed by atoms with E-state index in [0.717, 1.165) is 91.1 Å². The number of amides is 2. The van der Waals surface area contributed by atoms with Crippen molar-refractivity contribution in [2.75, 3.05) is 65.8 Å². The van der Waals surface area contributed by atoms with E-state index in [9.17, 15) is 40.2 Å². The summed E-state index contributed by atoms with van der Waals surface area (Å²) in [6, 6.07) is 17.4. The number of rotatable bonds is 22. The maximum absolute atomic E-state index is 12.9. The lowest BCUT2D eigenvalue weighted by atomic mass is 9.79. The van der Waals surface area contributed by atoms with Gasteiger partial charge in [-0.1, -0.05) is 132 Å². The van der Waals surface area contributed by atoms with Crippen LogP contribution in [0.5, 0.6) is 23.0 Å². The van der Waals surface area contributed by atoms with E-state index in [1.54, 1.807) is 0 Å². The second-order valence-corrected chi connectivity index (χ2v) is 25.2. The van der Waals surface area contributed by atoms with Crippen molar-refractivity contribution in [3.63, 3.8) is 0 Å². The van der Waals surface area contributed by atoms with Gasteiger partial charge in [0.15, 0.2) is 0 Å². The molecule has 5 rings (SSSR count). The molecule has 12 nitrogen and oxygen atoms in total. The Morgan fingerprint density at radius 1 is 0.395 bits per heavy atom. The van der Waals surface area contributed by atoms with E-state index in [-0.39, 0.29) is 97.6 Å². The quantitative estimate of drug-likeness (QED) is 0.0365. The summed E-state index contributed by atoms with van der Waals surface area (Å²) in [6.45, 7) is 27.3. The van der Waals surface area contributed by atoms with E-state index in [2.05, 4.69) is 132 Å². The Morgan fingerprint density at radius 2 is 0.632 bits per heavy atom. The molecular weight excluding hydrogens is 957 g/mol. The van der Waals surface area contributed by atoms with Gasteiger partial charge >= 0.3 is 0 Å². The van der Waals surface area contributed by atoms with E-state index in [1.165, 1.54) is 9.80 Å². The first-order valence-electron chi connectivity index (χ1n) is 28.0. The number of phenols is 2. The third-order valence-electron chi connectivity index (χ3n) is 14.8. The second-order valence-electron chi connectivity index (χ2n) is 25.2. The number of hydrogen-bond donors (Lipinski definition) is 6. The van der Waals surface area contributed by atoms with Crippen LogP contribution in [0.2, 0.25) is 0 Å². The molecule has 0 aliphatic heterocycles. The van der Waals surface area contributed by atoms with E-state index in [4.69, 9.17) is 9.47 Å². The molecule has 0 unspecified atom stereocenters. The van der Waals surface area contributed by atoms with Crippen LogP contribution in [0.4, 0.5) is 0 Å². The first-order valence-corrected chi connectivity index (χ1v) is 28.0. The molecular formula is C64H94N2O10. The molecule has 0 spiro atoms. The highest BCUT2D eigenvalue weighted by Gasteiger charge is 2.29. The summed E-state index contributed by atoms with van der Waals surface area (Å²) in [5, 5.41) is 63.3. The number of aromatic hydroxyl groups is 2. The number of hydrogen-bond acceptors (Lipinski definition) is 10. The van der Waals surface area contributed by atoms with Gasteiger partial charge in [0.2, 0.25) is 11.8 Å². The van der Waals surface area contributed by atoms with Crippen LogP contribution < -0.4 is 9.47 Å². The van der Waals surface area contributed by atoms with Crippen molar-refractivity contribution in [1.82, 2.24) is 9.80 Å². The topological polar surface area (TPSA) is 180 Å². The fraction of sp³-hybridized carbons (Fsp3) is 0.594. The summed E-state index contributed by atoms with van der Waals surface area (Å²) in [5.74, 6) is 1.72. The molecule has 420 valence electrons. The normalized spacial score (nSPS) is 13.2. The molecule has 6 N–H and O–H groups in total. The lowest BCUT2D eigenvalue weighted by Gasteiger charge is -2.28. The molecule has 0 heterocycles. The van der Waals surface area contributed by atoms with Gasteiger partial charge in [0.25, 0.3) is 0 Å². The molecule has 0 saturated carbocycles. The number of fused-ring (bicyclic) bond motifs is 8. The number of nitrogens with zero attached hydrogens (tertiary/aromatic N) is 2. The van der Waals surface area contributed by atoms with Gasteiger partial charge in [-0.05, 0) is 127 Å². The average molecular weight is 1050 g/mol. The summed E-state index contributed by atoms with van der Waals surface area (Å²) in [7, 11) is 0. The standard InChI is InChI=1S/C64H94N2O10/c1-61(2,3)51-35-43-31-47-39-53(63(7,8)9)41-49(59(47)75-29-17-13-15-19-55(71)65(21-25-67)22-26-68)33-45-37-52(62(4,5)6)38-46(58(45)74)34-50-42-54(64(10,11)12)40-48(32-44(36-51)57(43)73)60(50)76-30-18-14-16-20-56(72)66(23-27-69)24-28-70/h35-42,67-70,73-74H,13-34H2,1-12H3. The van der Waals surface area contributed by atoms with Gasteiger partial charge in [0.1, 0.15) is 23.0 Å². The van der Waals surface area contributed by atoms with Crippen LogP contribution in [-0.2, 0) is 56.9 Å². The molecule has 0 radical (unpaired) electrons. The molecule has 2 amide bonds. The molecule has 12 heteroatoms. The van der Waals surface area contributed by atoms with Crippen molar-refractivity contribution in [2.45, 2.75) is 182 Å². The Morgan fingerprint density at radius 3 is 0.855 bits per heavy atom. The van der Waals surface area contributed by atoms with Crippen LogP contribution in [0.15, 0.2) is 48.5 Å². The highest BCUT2D eigenvalue weighted by Crippen LogP contribution is 2.44. The number of aliphatic hydroxyl groups excluding tert-OH is 4. The predicted octanol–water partition coefficient (Wildman–Crippen LogP) is 10.5. The lowest BCUT2D eigenvalue weighted by Crippen LogP contribution is -2.35. The first kappa shape index (κ1) is 61.7. The zero-order valence-electron chi connectivity index (χ0n) is 48.4. The minimum absolute atomic E-state index is 0.0919. The summed E-state index contributed by atoms with van der Waals surface area (Å²) in [5.41, 5.74) is 10.3. The molecule has 0 aromatic heterocycles. The second kappa shape index (κ2) is 27.0. The Hall–Kier alpha value is -5.14. The SMILES string of the molecule is CC(C)(C)c1cc2c(O)c(c1)Cc1cc(C(C)(C)C)cc(c1OCCCCCC(=O)N(CCO)CCO)Cc1cc(C(C)(C)C)cc(c1O)Cc1cc(C(C)(C)C)cc(c1OCCCCCC(=O)N(CCO)CCO)C2. The number of carbonyl (C=O) groups is 2. The van der Waals surface area contributed by atoms with Crippen LogP contribution in [0.25, 0.3) is 0 Å². The number of phenolic OH excluding ortho intramolecular Hbond substituents is 2. The number of carbonyl (C=O) groups excluding carboxylic acids is 2. The molecule has 76 heavy (non-hydrogen) atoms. The zero-order chi connectivity index (χ0) is 56.2. The highest BCUT2D eigenvalue weighted by molar-refractivity contribution is 5.76. The molecule has 0 atom stereocenters. The average Bonchev–Trinajstić information content (AvgIpc) is 3.32. The van der Waals surface area contributed by atoms with Gasteiger partial charge in [-0.25, -0.2) is 0 Å². The van der Waals surface area contributed by atoms with Crippen LogP contribution in [0.1, 0.15) is 201 Å². The van der Waals surface area contributed by atoms with E-state index in [1.807, 2.05) is 0 Å². The van der Waals surface area contributed by atoms with Crippen LogP contribution >= 0.6 is 0 Å². The van der Waals surface area contributed by atoms with E-state index < -0.39 is 0 Å². The van der Waals surface area contributed by atoms with E-state index in [0.29, 0.717) is 77.4 Å². The third-order valence-corrected chi connectivity index (χ3v) is 14.8. The molecule has 0 saturated heterocycles. The fourth-order valence-corrected chi connectivity index (χ4v) is 10.00. The van der Waals surface area contributed by atoms with Crippen molar-refractivity contribution in [1.29, 1.82) is 0 Å². The molecule has 1 aliphatic carbocycles. The van der Waals surface area contributed by atoms with Crippen molar-refractivity contribution in [3.8, 4) is 23.0 Å². The highest BCUT2D eigenvalue weighted by atomic mass is 16.5. The lowest BCUT2D eigenvalue weighted by molar-refractivity contribution is -0.133. The van der Waals surface area contributed by atoms with Gasteiger partial charge in [0.05, 0.1) is 39.6 Å². The Labute approximate surface area is 455 Å². The largest absolute Gasteiger partial charge is 0.507 e.